The molecule has 2 aromatic heterocycles. The summed E-state index contributed by atoms with van der Waals surface area (Å²) in [5.74, 6) is 1.04. The maximum Gasteiger partial charge on any atom is 0.410 e. The summed E-state index contributed by atoms with van der Waals surface area (Å²) in [7, 11) is 0. The van der Waals surface area contributed by atoms with Crippen molar-refractivity contribution in [2.45, 2.75) is 64.9 Å². The number of benzene rings is 1. The van der Waals surface area contributed by atoms with Crippen LogP contribution in [0.1, 0.15) is 59.3 Å². The molecule has 1 aromatic carbocycles. The molecular weight excluding hydrogens is 532 g/mol. The Morgan fingerprint density at radius 2 is 1.69 bits per heavy atom. The molecule has 0 radical (unpaired) electrons. The first kappa shape index (κ1) is 28.5. The third-order valence-corrected chi connectivity index (χ3v) is 9.07. The SMILES string of the molecule is CC(C)(C)OC(=O)N1CCC2(CCC(C(=O)Nc3ccc(-c4cc5c(N6CCOCC6)ncnc5[nH]4)cc3)CC2)CC1. The van der Waals surface area contributed by atoms with E-state index in [1.165, 1.54) is 0 Å². The fourth-order valence-electron chi connectivity index (χ4n) is 6.57. The maximum atomic E-state index is 13.2. The maximum absolute atomic E-state index is 13.2. The van der Waals surface area contributed by atoms with Crippen molar-refractivity contribution in [1.29, 1.82) is 0 Å². The minimum atomic E-state index is -0.475. The zero-order valence-electron chi connectivity index (χ0n) is 24.9. The topological polar surface area (TPSA) is 113 Å². The Morgan fingerprint density at radius 3 is 2.36 bits per heavy atom. The van der Waals surface area contributed by atoms with Gasteiger partial charge in [0, 0.05) is 43.5 Å². The Bertz CT molecular complexity index is 1410. The number of amides is 2. The highest BCUT2D eigenvalue weighted by atomic mass is 16.6. The molecule has 2 amide bonds. The van der Waals surface area contributed by atoms with Crippen LogP contribution in [0.2, 0.25) is 0 Å². The van der Waals surface area contributed by atoms with E-state index >= 15 is 0 Å². The number of hydrogen-bond donors (Lipinski definition) is 2. The number of aromatic amines is 1. The van der Waals surface area contributed by atoms with Crippen molar-refractivity contribution in [3.05, 3.63) is 36.7 Å². The van der Waals surface area contributed by atoms with Crippen LogP contribution >= 0.6 is 0 Å². The Kier molecular flexibility index (Phi) is 7.83. The molecule has 42 heavy (non-hydrogen) atoms. The number of morpholine rings is 1. The number of rotatable bonds is 4. The van der Waals surface area contributed by atoms with E-state index in [0.29, 0.717) is 13.2 Å². The number of nitrogens with one attached hydrogen (secondary N) is 2. The van der Waals surface area contributed by atoms with Crippen molar-refractivity contribution in [2.24, 2.45) is 11.3 Å². The highest BCUT2D eigenvalue weighted by Gasteiger charge is 2.41. The van der Waals surface area contributed by atoms with E-state index in [1.807, 2.05) is 49.9 Å². The normalized spacial score (nSPS) is 19.7. The number of anilines is 2. The number of fused-ring (bicyclic) bond motifs is 1. The van der Waals surface area contributed by atoms with Gasteiger partial charge in [-0.2, -0.15) is 0 Å². The summed E-state index contributed by atoms with van der Waals surface area (Å²) < 4.78 is 11.0. The van der Waals surface area contributed by atoms with Crippen LogP contribution in [-0.4, -0.2) is 76.8 Å². The molecule has 10 nitrogen and oxygen atoms in total. The second kappa shape index (κ2) is 11.6. The lowest BCUT2D eigenvalue weighted by Crippen LogP contribution is -2.46. The van der Waals surface area contributed by atoms with E-state index in [0.717, 1.165) is 98.5 Å². The van der Waals surface area contributed by atoms with Gasteiger partial charge < -0.3 is 29.6 Å². The van der Waals surface area contributed by atoms with Gasteiger partial charge in [-0.1, -0.05) is 12.1 Å². The summed E-state index contributed by atoms with van der Waals surface area (Å²) in [6.45, 7) is 10.2. The predicted molar refractivity (Wildman–Crippen MR) is 162 cm³/mol. The summed E-state index contributed by atoms with van der Waals surface area (Å²) in [4.78, 5) is 42.1. The van der Waals surface area contributed by atoms with Crippen LogP contribution in [0.5, 0.6) is 0 Å². The van der Waals surface area contributed by atoms with Gasteiger partial charge in [0.15, 0.2) is 0 Å². The zero-order chi connectivity index (χ0) is 29.3. The first-order valence-electron chi connectivity index (χ1n) is 15.2. The van der Waals surface area contributed by atoms with Gasteiger partial charge >= 0.3 is 6.09 Å². The number of piperidine rings is 1. The smallest absolute Gasteiger partial charge is 0.410 e. The lowest BCUT2D eigenvalue weighted by Gasteiger charge is -2.45. The van der Waals surface area contributed by atoms with Gasteiger partial charge in [-0.3, -0.25) is 4.79 Å². The minimum absolute atomic E-state index is 0.0186. The second-order valence-electron chi connectivity index (χ2n) is 13.1. The second-order valence-corrected chi connectivity index (χ2v) is 13.1. The van der Waals surface area contributed by atoms with Gasteiger partial charge in [0.1, 0.15) is 23.4 Å². The van der Waals surface area contributed by atoms with Gasteiger partial charge in [-0.25, -0.2) is 14.8 Å². The van der Waals surface area contributed by atoms with Crippen LogP contribution in [0.15, 0.2) is 36.7 Å². The van der Waals surface area contributed by atoms with Gasteiger partial charge in [0.05, 0.1) is 18.6 Å². The number of carbonyl (C=O) groups is 2. The summed E-state index contributed by atoms with van der Waals surface area (Å²) in [6.07, 6.45) is 7.18. The number of carbonyl (C=O) groups excluding carboxylic acids is 2. The molecule has 6 rings (SSSR count). The Hall–Kier alpha value is -3.66. The van der Waals surface area contributed by atoms with Crippen LogP contribution in [0, 0.1) is 11.3 Å². The molecule has 224 valence electrons. The van der Waals surface area contributed by atoms with Crippen LogP contribution in [-0.2, 0) is 14.3 Å². The van der Waals surface area contributed by atoms with Crippen molar-refractivity contribution in [1.82, 2.24) is 19.9 Å². The molecular formula is C32H42N6O4. The molecule has 1 saturated carbocycles. The molecule has 0 bridgehead atoms. The van der Waals surface area contributed by atoms with E-state index in [2.05, 4.69) is 31.2 Å². The first-order chi connectivity index (χ1) is 20.2. The van der Waals surface area contributed by atoms with Crippen molar-refractivity contribution in [3.63, 3.8) is 0 Å². The van der Waals surface area contributed by atoms with E-state index in [-0.39, 0.29) is 23.3 Å². The molecule has 2 aliphatic heterocycles. The highest BCUT2D eigenvalue weighted by molar-refractivity contribution is 5.94. The summed E-state index contributed by atoms with van der Waals surface area (Å²) in [5.41, 5.74) is 3.37. The molecule has 1 aliphatic carbocycles. The molecule has 2 N–H and O–H groups in total. The number of H-pyrrole nitrogens is 1. The van der Waals surface area contributed by atoms with Gasteiger partial charge in [-0.05, 0) is 88.5 Å². The van der Waals surface area contributed by atoms with E-state index < -0.39 is 5.60 Å². The molecule has 4 heterocycles. The summed E-state index contributed by atoms with van der Waals surface area (Å²) in [5, 5.41) is 4.14. The van der Waals surface area contributed by atoms with Crippen LogP contribution in [0.25, 0.3) is 22.3 Å². The first-order valence-corrected chi connectivity index (χ1v) is 15.2. The largest absolute Gasteiger partial charge is 0.444 e. The quantitative estimate of drug-likeness (QED) is 0.417. The number of ether oxygens (including phenoxy) is 2. The lowest BCUT2D eigenvalue weighted by atomic mass is 9.65. The standard InChI is InChI=1S/C32H42N6O4/c1-31(2,3)42-30(40)38-14-12-32(13-15-38)10-8-23(9-11-32)29(39)35-24-6-4-22(5-7-24)26-20-25-27(36-26)33-21-34-28(25)37-16-18-41-19-17-37/h4-7,20-21,23H,8-19H2,1-3H3,(H,35,39)(H,33,34,36). The average molecular weight is 575 g/mol. The fourth-order valence-corrected chi connectivity index (χ4v) is 6.57. The number of likely N-dealkylation sites (tertiary alicyclic amines) is 1. The van der Waals surface area contributed by atoms with E-state index in [9.17, 15) is 9.59 Å². The van der Waals surface area contributed by atoms with E-state index in [4.69, 9.17) is 9.47 Å². The molecule has 3 fully saturated rings. The monoisotopic (exact) mass is 574 g/mol. The highest BCUT2D eigenvalue weighted by Crippen LogP contribution is 2.46. The summed E-state index contributed by atoms with van der Waals surface area (Å²) >= 11 is 0. The van der Waals surface area contributed by atoms with Gasteiger partial charge in [-0.15, -0.1) is 0 Å². The molecule has 1 spiro atoms. The van der Waals surface area contributed by atoms with Crippen LogP contribution in [0.4, 0.5) is 16.3 Å². The van der Waals surface area contributed by atoms with E-state index in [1.54, 1.807) is 6.33 Å². The third kappa shape index (κ3) is 6.23. The Morgan fingerprint density at radius 1 is 1.00 bits per heavy atom. The van der Waals surface area contributed by atoms with Crippen LogP contribution in [0.3, 0.4) is 0 Å². The average Bonchev–Trinajstić information content (AvgIpc) is 3.42. The molecule has 0 unspecified atom stereocenters. The molecule has 2 saturated heterocycles. The van der Waals surface area contributed by atoms with Crippen molar-refractivity contribution < 1.29 is 19.1 Å². The predicted octanol–water partition coefficient (Wildman–Crippen LogP) is 5.61. The summed E-state index contributed by atoms with van der Waals surface area (Å²) in [6, 6.07) is 10.1. The molecule has 10 heteroatoms. The fraction of sp³-hybridized carbons (Fsp3) is 0.562. The van der Waals surface area contributed by atoms with Crippen molar-refractivity contribution in [2.75, 3.05) is 49.6 Å². The lowest BCUT2D eigenvalue weighted by molar-refractivity contribution is -0.121. The zero-order valence-corrected chi connectivity index (χ0v) is 24.9. The van der Waals surface area contributed by atoms with Crippen molar-refractivity contribution >= 4 is 34.5 Å². The van der Waals surface area contributed by atoms with Gasteiger partial charge in [0.25, 0.3) is 0 Å². The molecule has 0 atom stereocenters. The van der Waals surface area contributed by atoms with Crippen LogP contribution < -0.4 is 10.2 Å². The molecule has 3 aliphatic rings. The van der Waals surface area contributed by atoms with Gasteiger partial charge in [0.2, 0.25) is 5.91 Å². The Balaban J connectivity index is 1.02. The Labute approximate surface area is 247 Å². The number of nitrogens with zero attached hydrogens (tertiary/aromatic N) is 4. The molecule has 3 aromatic rings. The minimum Gasteiger partial charge on any atom is -0.444 e. The number of hydrogen-bond acceptors (Lipinski definition) is 7. The third-order valence-electron chi connectivity index (χ3n) is 9.07. The van der Waals surface area contributed by atoms with Crippen molar-refractivity contribution in [3.8, 4) is 11.3 Å². The number of aromatic nitrogens is 3.